The average molecular weight is 187 g/mol. The van der Waals surface area contributed by atoms with Gasteiger partial charge in [-0.05, 0) is 33.6 Å². The summed E-state index contributed by atoms with van der Waals surface area (Å²) in [5.41, 5.74) is 0.147. The Hall–Kier alpha value is -0.120. The Morgan fingerprint density at radius 3 is 2.31 bits per heavy atom. The van der Waals surface area contributed by atoms with Crippen molar-refractivity contribution in [2.75, 3.05) is 13.2 Å². The van der Waals surface area contributed by atoms with Gasteiger partial charge in [-0.3, -0.25) is 0 Å². The van der Waals surface area contributed by atoms with Crippen molar-refractivity contribution >= 4 is 0 Å². The van der Waals surface area contributed by atoms with Crippen molar-refractivity contribution in [1.29, 1.82) is 0 Å². The first-order valence-corrected chi connectivity index (χ1v) is 5.07. The molecule has 1 fully saturated rings. The van der Waals surface area contributed by atoms with E-state index in [4.69, 9.17) is 4.74 Å². The van der Waals surface area contributed by atoms with Crippen molar-refractivity contribution < 1.29 is 9.84 Å². The summed E-state index contributed by atoms with van der Waals surface area (Å²) >= 11 is 0. The van der Waals surface area contributed by atoms with Gasteiger partial charge in [0, 0.05) is 24.8 Å². The Balaban J connectivity index is 2.40. The Labute approximate surface area is 80.5 Å². The summed E-state index contributed by atoms with van der Waals surface area (Å²) in [5, 5.41) is 12.8. The van der Waals surface area contributed by atoms with Gasteiger partial charge < -0.3 is 15.2 Å². The van der Waals surface area contributed by atoms with Crippen LogP contribution in [0.5, 0.6) is 0 Å². The van der Waals surface area contributed by atoms with E-state index in [1.165, 1.54) is 0 Å². The molecule has 78 valence electrons. The molecule has 3 heteroatoms. The predicted molar refractivity (Wildman–Crippen MR) is 52.7 cm³/mol. The molecule has 3 nitrogen and oxygen atoms in total. The van der Waals surface area contributed by atoms with Crippen molar-refractivity contribution in [3.05, 3.63) is 0 Å². The van der Waals surface area contributed by atoms with Gasteiger partial charge in [-0.25, -0.2) is 0 Å². The number of ether oxygens (including phenoxy) is 1. The first-order chi connectivity index (χ1) is 6.03. The maximum Gasteiger partial charge on any atom is 0.0662 e. The summed E-state index contributed by atoms with van der Waals surface area (Å²) < 4.78 is 5.30. The Bertz CT molecular complexity index is 153. The number of aliphatic hydroxyl groups excluding tert-OH is 1. The van der Waals surface area contributed by atoms with E-state index in [-0.39, 0.29) is 17.7 Å². The van der Waals surface area contributed by atoms with Crippen LogP contribution in [-0.2, 0) is 4.74 Å². The normalized spacial score (nSPS) is 26.8. The molecule has 0 spiro atoms. The number of aliphatic hydroxyl groups is 1. The molecule has 0 aliphatic carbocycles. The molecule has 1 saturated heterocycles. The molecule has 1 rings (SSSR count). The molecule has 0 aromatic heterocycles. The topological polar surface area (TPSA) is 41.5 Å². The van der Waals surface area contributed by atoms with Crippen LogP contribution in [0.2, 0.25) is 0 Å². The van der Waals surface area contributed by atoms with E-state index in [1.807, 2.05) is 13.8 Å². The summed E-state index contributed by atoms with van der Waals surface area (Å²) in [4.78, 5) is 0. The lowest BCUT2D eigenvalue weighted by molar-refractivity contribution is 0.0307. The van der Waals surface area contributed by atoms with Gasteiger partial charge in [0.05, 0.1) is 6.10 Å². The van der Waals surface area contributed by atoms with Gasteiger partial charge in [-0.1, -0.05) is 0 Å². The molecule has 0 saturated carbocycles. The minimum Gasteiger partial charge on any atom is -0.392 e. The van der Waals surface area contributed by atoms with E-state index in [0.717, 1.165) is 26.1 Å². The molecule has 0 aromatic rings. The molecule has 1 heterocycles. The van der Waals surface area contributed by atoms with E-state index >= 15 is 0 Å². The third-order valence-electron chi connectivity index (χ3n) is 2.90. The molecule has 0 bridgehead atoms. The molecule has 2 atom stereocenters. The van der Waals surface area contributed by atoms with Crippen LogP contribution in [-0.4, -0.2) is 36.0 Å². The number of hydrogen-bond acceptors (Lipinski definition) is 3. The lowest BCUT2D eigenvalue weighted by Crippen LogP contribution is -2.53. The van der Waals surface area contributed by atoms with Crippen LogP contribution in [0.3, 0.4) is 0 Å². The fraction of sp³-hybridized carbons (Fsp3) is 1.00. The summed E-state index contributed by atoms with van der Waals surface area (Å²) in [6.45, 7) is 7.70. The van der Waals surface area contributed by atoms with Gasteiger partial charge in [-0.2, -0.15) is 0 Å². The first kappa shape index (κ1) is 11.0. The monoisotopic (exact) mass is 187 g/mol. The standard InChI is InChI=1S/C10H21NO2/c1-8(9(2)12)11-10(3)4-6-13-7-5-10/h8-9,11-12H,4-7H2,1-3H3. The quantitative estimate of drug-likeness (QED) is 0.690. The van der Waals surface area contributed by atoms with Gasteiger partial charge in [0.2, 0.25) is 0 Å². The van der Waals surface area contributed by atoms with Crippen molar-refractivity contribution in [1.82, 2.24) is 5.32 Å². The van der Waals surface area contributed by atoms with Crippen LogP contribution >= 0.6 is 0 Å². The fourth-order valence-electron chi connectivity index (χ4n) is 1.64. The molecule has 2 N–H and O–H groups in total. The van der Waals surface area contributed by atoms with E-state index in [9.17, 15) is 5.11 Å². The third-order valence-corrected chi connectivity index (χ3v) is 2.90. The predicted octanol–water partition coefficient (Wildman–Crippen LogP) is 0.914. The Kier molecular flexibility index (Phi) is 3.71. The number of rotatable bonds is 3. The van der Waals surface area contributed by atoms with E-state index in [0.29, 0.717) is 0 Å². The zero-order valence-corrected chi connectivity index (χ0v) is 8.84. The van der Waals surface area contributed by atoms with Crippen LogP contribution < -0.4 is 5.32 Å². The molecule has 2 unspecified atom stereocenters. The maximum atomic E-state index is 9.37. The maximum absolute atomic E-state index is 9.37. The molecule has 0 amide bonds. The van der Waals surface area contributed by atoms with Crippen LogP contribution in [0.1, 0.15) is 33.6 Å². The smallest absolute Gasteiger partial charge is 0.0662 e. The third kappa shape index (κ3) is 3.25. The fourth-order valence-corrected chi connectivity index (χ4v) is 1.64. The molecule has 1 aliphatic rings. The summed E-state index contributed by atoms with van der Waals surface area (Å²) in [5.74, 6) is 0. The first-order valence-electron chi connectivity index (χ1n) is 5.07. The minimum atomic E-state index is -0.292. The highest BCUT2D eigenvalue weighted by Crippen LogP contribution is 2.20. The van der Waals surface area contributed by atoms with Crippen LogP contribution in [0.4, 0.5) is 0 Å². The van der Waals surface area contributed by atoms with Crippen molar-refractivity contribution in [3.8, 4) is 0 Å². The molecule has 13 heavy (non-hydrogen) atoms. The largest absolute Gasteiger partial charge is 0.392 e. The van der Waals surface area contributed by atoms with Gasteiger partial charge in [0.25, 0.3) is 0 Å². The molecular weight excluding hydrogens is 166 g/mol. The Morgan fingerprint density at radius 1 is 1.31 bits per heavy atom. The summed E-state index contributed by atoms with van der Waals surface area (Å²) in [7, 11) is 0. The van der Waals surface area contributed by atoms with Gasteiger partial charge in [0.1, 0.15) is 0 Å². The lowest BCUT2D eigenvalue weighted by Gasteiger charge is -2.37. The van der Waals surface area contributed by atoms with Crippen molar-refractivity contribution in [3.63, 3.8) is 0 Å². The lowest BCUT2D eigenvalue weighted by atomic mass is 9.91. The van der Waals surface area contributed by atoms with Gasteiger partial charge in [-0.15, -0.1) is 0 Å². The number of nitrogens with one attached hydrogen (secondary N) is 1. The van der Waals surface area contributed by atoms with E-state index in [2.05, 4.69) is 12.2 Å². The highest BCUT2D eigenvalue weighted by Gasteiger charge is 2.29. The Morgan fingerprint density at radius 2 is 1.85 bits per heavy atom. The SMILES string of the molecule is CC(O)C(C)NC1(C)CCOCC1. The van der Waals surface area contributed by atoms with Crippen LogP contribution in [0.25, 0.3) is 0 Å². The van der Waals surface area contributed by atoms with Gasteiger partial charge in [0.15, 0.2) is 0 Å². The van der Waals surface area contributed by atoms with Crippen LogP contribution in [0, 0.1) is 0 Å². The summed E-state index contributed by atoms with van der Waals surface area (Å²) in [6, 6.07) is 0.156. The van der Waals surface area contributed by atoms with Gasteiger partial charge >= 0.3 is 0 Å². The highest BCUT2D eigenvalue weighted by molar-refractivity contribution is 4.88. The zero-order valence-electron chi connectivity index (χ0n) is 8.84. The second-order valence-electron chi connectivity index (χ2n) is 4.35. The van der Waals surface area contributed by atoms with E-state index in [1.54, 1.807) is 0 Å². The zero-order chi connectivity index (χ0) is 9.90. The summed E-state index contributed by atoms with van der Waals surface area (Å²) in [6.07, 6.45) is 1.77. The highest BCUT2D eigenvalue weighted by atomic mass is 16.5. The van der Waals surface area contributed by atoms with Crippen molar-refractivity contribution in [2.45, 2.75) is 51.3 Å². The van der Waals surface area contributed by atoms with E-state index < -0.39 is 0 Å². The molecular formula is C10H21NO2. The number of hydrogen-bond donors (Lipinski definition) is 2. The molecule has 0 radical (unpaired) electrons. The minimum absolute atomic E-state index is 0.147. The molecule has 1 aliphatic heterocycles. The second kappa shape index (κ2) is 4.40. The molecule has 0 aromatic carbocycles. The second-order valence-corrected chi connectivity index (χ2v) is 4.35. The van der Waals surface area contributed by atoms with Crippen LogP contribution in [0.15, 0.2) is 0 Å². The average Bonchev–Trinajstić information content (AvgIpc) is 2.04. The van der Waals surface area contributed by atoms with Crippen molar-refractivity contribution in [2.24, 2.45) is 0 Å².